The molecular formula is C37H54N2. The summed E-state index contributed by atoms with van der Waals surface area (Å²) in [7, 11) is 2.12. The second kappa shape index (κ2) is 20.4. The van der Waals surface area contributed by atoms with E-state index in [9.17, 15) is 0 Å². The molecule has 0 aliphatic rings. The molecule has 6 rings (SSSR count). The summed E-state index contributed by atoms with van der Waals surface area (Å²) in [6.07, 6.45) is 0. The second-order valence-electron chi connectivity index (χ2n) is 7.37. The summed E-state index contributed by atoms with van der Waals surface area (Å²) in [5, 5.41) is 5.39. The number of fused-ring (bicyclic) bond motifs is 6. The van der Waals surface area contributed by atoms with Gasteiger partial charge >= 0.3 is 0 Å². The van der Waals surface area contributed by atoms with Gasteiger partial charge < -0.3 is 9.13 Å². The molecule has 0 radical (unpaired) electrons. The number of hydrogen-bond donors (Lipinski definition) is 0. The molecule has 39 heavy (non-hydrogen) atoms. The SMILES string of the molecule is CC.CC.CC.CC.CC.CCn1c2ccccc2c2ccccc21.Cn1c2ccccc2c2ccccc21. The number of benzene rings is 4. The van der Waals surface area contributed by atoms with E-state index in [1.165, 1.54) is 43.6 Å². The molecule has 0 saturated heterocycles. The Bertz CT molecular complexity index is 1340. The number of rotatable bonds is 1. The third kappa shape index (κ3) is 8.23. The van der Waals surface area contributed by atoms with Gasteiger partial charge in [-0.3, -0.25) is 0 Å². The lowest BCUT2D eigenvalue weighted by Gasteiger charge is -2.01. The van der Waals surface area contributed by atoms with Crippen LogP contribution in [0.4, 0.5) is 0 Å². The first kappa shape index (κ1) is 35.5. The van der Waals surface area contributed by atoms with Crippen LogP contribution in [0.15, 0.2) is 97.1 Å². The van der Waals surface area contributed by atoms with Gasteiger partial charge in [0.2, 0.25) is 0 Å². The zero-order valence-corrected chi connectivity index (χ0v) is 26.8. The molecule has 0 amide bonds. The molecule has 6 aromatic rings. The molecule has 2 heterocycles. The number of aromatic nitrogens is 2. The van der Waals surface area contributed by atoms with Crippen LogP contribution < -0.4 is 0 Å². The molecule has 0 spiro atoms. The third-order valence-electron chi connectivity index (χ3n) is 5.82. The summed E-state index contributed by atoms with van der Waals surface area (Å²) in [6, 6.07) is 34.2. The highest BCUT2D eigenvalue weighted by atomic mass is 15.0. The number of hydrogen-bond acceptors (Lipinski definition) is 0. The molecule has 0 aliphatic heterocycles. The van der Waals surface area contributed by atoms with Crippen LogP contribution in [-0.4, -0.2) is 9.13 Å². The van der Waals surface area contributed by atoms with E-state index in [4.69, 9.17) is 0 Å². The third-order valence-corrected chi connectivity index (χ3v) is 5.82. The van der Waals surface area contributed by atoms with Crippen molar-refractivity contribution in [1.29, 1.82) is 0 Å². The fraction of sp³-hybridized carbons (Fsp3) is 0.351. The summed E-state index contributed by atoms with van der Waals surface area (Å²) in [4.78, 5) is 0. The molecule has 2 nitrogen and oxygen atoms in total. The summed E-state index contributed by atoms with van der Waals surface area (Å²) in [5.41, 5.74) is 5.27. The Morgan fingerprint density at radius 2 is 0.615 bits per heavy atom. The number of para-hydroxylation sites is 4. The van der Waals surface area contributed by atoms with Gasteiger partial charge in [-0.15, -0.1) is 0 Å². The largest absolute Gasteiger partial charge is 0.344 e. The van der Waals surface area contributed by atoms with E-state index < -0.39 is 0 Å². The number of aryl methyl sites for hydroxylation is 2. The minimum Gasteiger partial charge on any atom is -0.344 e. The molecule has 0 saturated carbocycles. The van der Waals surface area contributed by atoms with Crippen LogP contribution in [0.3, 0.4) is 0 Å². The van der Waals surface area contributed by atoms with Gasteiger partial charge in [0.15, 0.2) is 0 Å². The van der Waals surface area contributed by atoms with Crippen molar-refractivity contribution < 1.29 is 0 Å². The van der Waals surface area contributed by atoms with Gasteiger partial charge in [0, 0.05) is 57.2 Å². The van der Waals surface area contributed by atoms with E-state index in [-0.39, 0.29) is 0 Å². The van der Waals surface area contributed by atoms with Crippen LogP contribution in [0.2, 0.25) is 0 Å². The average Bonchev–Trinajstić information content (AvgIpc) is 3.54. The Hall–Kier alpha value is -3.52. The topological polar surface area (TPSA) is 9.86 Å². The maximum Gasteiger partial charge on any atom is 0.0491 e. The first-order chi connectivity index (χ1) is 19.3. The van der Waals surface area contributed by atoms with Crippen LogP contribution in [0.5, 0.6) is 0 Å². The second-order valence-corrected chi connectivity index (χ2v) is 7.37. The maximum atomic E-state index is 2.37. The number of nitrogens with zero attached hydrogens (tertiary/aromatic N) is 2. The summed E-state index contributed by atoms with van der Waals surface area (Å²) >= 11 is 0. The van der Waals surface area contributed by atoms with Crippen LogP contribution in [0, 0.1) is 0 Å². The molecule has 212 valence electrons. The van der Waals surface area contributed by atoms with Crippen LogP contribution in [0.1, 0.15) is 76.2 Å². The van der Waals surface area contributed by atoms with Gasteiger partial charge in [-0.25, -0.2) is 0 Å². The summed E-state index contributed by atoms with van der Waals surface area (Å²) in [6.45, 7) is 23.2. The lowest BCUT2D eigenvalue weighted by Crippen LogP contribution is -1.91. The van der Waals surface area contributed by atoms with E-state index in [1.807, 2.05) is 69.2 Å². The van der Waals surface area contributed by atoms with Crippen LogP contribution >= 0.6 is 0 Å². The molecule has 0 fully saturated rings. The van der Waals surface area contributed by atoms with Crippen molar-refractivity contribution in [1.82, 2.24) is 9.13 Å². The monoisotopic (exact) mass is 526 g/mol. The fourth-order valence-corrected chi connectivity index (χ4v) is 4.46. The molecule has 2 aromatic heterocycles. The Balaban J connectivity index is 0.000000564. The van der Waals surface area contributed by atoms with E-state index in [1.54, 1.807) is 0 Å². The Morgan fingerprint density at radius 3 is 0.897 bits per heavy atom. The van der Waals surface area contributed by atoms with Crippen molar-refractivity contribution >= 4 is 43.6 Å². The van der Waals surface area contributed by atoms with Crippen LogP contribution in [-0.2, 0) is 13.6 Å². The van der Waals surface area contributed by atoms with Crippen molar-refractivity contribution in [2.24, 2.45) is 7.05 Å². The van der Waals surface area contributed by atoms with Crippen LogP contribution in [0.25, 0.3) is 43.6 Å². The highest BCUT2D eigenvalue weighted by Gasteiger charge is 2.07. The lowest BCUT2D eigenvalue weighted by molar-refractivity contribution is 0.827. The van der Waals surface area contributed by atoms with Gasteiger partial charge in [-0.2, -0.15) is 0 Å². The highest BCUT2D eigenvalue weighted by Crippen LogP contribution is 2.28. The van der Waals surface area contributed by atoms with Gasteiger partial charge in [-0.1, -0.05) is 142 Å². The van der Waals surface area contributed by atoms with E-state index >= 15 is 0 Å². The maximum absolute atomic E-state index is 2.37. The molecule has 0 bridgehead atoms. The van der Waals surface area contributed by atoms with Crippen molar-refractivity contribution in [3.63, 3.8) is 0 Å². The van der Waals surface area contributed by atoms with Crippen molar-refractivity contribution in [2.75, 3.05) is 0 Å². The zero-order valence-electron chi connectivity index (χ0n) is 26.8. The highest BCUT2D eigenvalue weighted by molar-refractivity contribution is 6.08. The van der Waals surface area contributed by atoms with Gasteiger partial charge in [0.1, 0.15) is 0 Å². The van der Waals surface area contributed by atoms with E-state index in [2.05, 4.69) is 120 Å². The smallest absolute Gasteiger partial charge is 0.0491 e. The lowest BCUT2D eigenvalue weighted by atomic mass is 10.2. The zero-order chi connectivity index (χ0) is 29.8. The fourth-order valence-electron chi connectivity index (χ4n) is 4.46. The molecule has 4 aromatic carbocycles. The Kier molecular flexibility index (Phi) is 18.6. The molecule has 0 atom stereocenters. The predicted octanol–water partition coefficient (Wildman–Crippen LogP) is 12.3. The van der Waals surface area contributed by atoms with Crippen molar-refractivity contribution in [2.45, 2.75) is 82.7 Å². The summed E-state index contributed by atoms with van der Waals surface area (Å²) in [5.74, 6) is 0. The van der Waals surface area contributed by atoms with Gasteiger partial charge in [-0.05, 0) is 31.2 Å². The minimum absolute atomic E-state index is 1.02. The normalized spacial score (nSPS) is 9.13. The Labute approximate surface area is 239 Å². The van der Waals surface area contributed by atoms with E-state index in [0.717, 1.165) is 6.54 Å². The molecule has 0 N–H and O–H groups in total. The molecule has 2 heteroatoms. The quantitative estimate of drug-likeness (QED) is 0.202. The first-order valence-corrected chi connectivity index (χ1v) is 15.2. The average molecular weight is 527 g/mol. The molecule has 0 aliphatic carbocycles. The Morgan fingerprint density at radius 1 is 0.385 bits per heavy atom. The van der Waals surface area contributed by atoms with Gasteiger partial charge in [0.05, 0.1) is 0 Å². The molecular weight excluding hydrogens is 472 g/mol. The van der Waals surface area contributed by atoms with Gasteiger partial charge in [0.25, 0.3) is 0 Å². The first-order valence-electron chi connectivity index (χ1n) is 15.2. The summed E-state index contributed by atoms with van der Waals surface area (Å²) < 4.78 is 4.61. The van der Waals surface area contributed by atoms with Crippen molar-refractivity contribution in [3.05, 3.63) is 97.1 Å². The van der Waals surface area contributed by atoms with Crippen molar-refractivity contribution in [3.8, 4) is 0 Å². The van der Waals surface area contributed by atoms with E-state index in [0.29, 0.717) is 0 Å². The predicted molar refractivity (Wildman–Crippen MR) is 182 cm³/mol. The minimum atomic E-state index is 1.02. The standard InChI is InChI=1S/C14H13N.C13H11N.5C2H6/c1-2-15-13-9-5-3-7-11(13)12-8-4-6-10-14(12)15;1-14-12-8-4-2-6-10(12)11-7-3-5-9-13(11)14;5*1-2/h3-10H,2H2,1H3;2-9H,1H3;5*1-2H3. The molecule has 0 unspecified atom stereocenters.